The molecule has 2 aromatic rings. The van der Waals surface area contributed by atoms with E-state index in [2.05, 4.69) is 23.1 Å². The van der Waals surface area contributed by atoms with Gasteiger partial charge in [-0.05, 0) is 73.2 Å². The monoisotopic (exact) mass is 341 g/mol. The lowest BCUT2D eigenvalue weighted by Crippen LogP contribution is -2.47. The van der Waals surface area contributed by atoms with Crippen LogP contribution in [-0.4, -0.2) is 38.7 Å². The predicted molar refractivity (Wildman–Crippen MR) is 97.0 cm³/mol. The van der Waals surface area contributed by atoms with Crippen molar-refractivity contribution in [3.8, 4) is 11.1 Å². The van der Waals surface area contributed by atoms with E-state index in [1.165, 1.54) is 55.3 Å². The molecule has 24 heavy (non-hydrogen) atoms. The molecule has 4 heteroatoms. The fraction of sp³-hybridized carbons (Fsp3) is 0.400. The molecule has 0 bridgehead atoms. The summed E-state index contributed by atoms with van der Waals surface area (Å²) in [6, 6.07) is 14.7. The van der Waals surface area contributed by atoms with E-state index in [4.69, 9.17) is 0 Å². The summed E-state index contributed by atoms with van der Waals surface area (Å²) in [6.07, 6.45) is 6.17. The molecule has 3 nitrogen and oxygen atoms in total. The number of likely N-dealkylation sites (tertiary alicyclic amines) is 1. The lowest BCUT2D eigenvalue weighted by atomic mass is 9.85. The van der Waals surface area contributed by atoms with Crippen LogP contribution in [0, 0.1) is 0 Å². The molecule has 1 aliphatic heterocycles. The van der Waals surface area contributed by atoms with E-state index in [1.807, 2.05) is 12.1 Å². The highest BCUT2D eigenvalue weighted by Crippen LogP contribution is 2.31. The molecule has 0 radical (unpaired) electrons. The van der Waals surface area contributed by atoms with Crippen molar-refractivity contribution in [2.24, 2.45) is 0 Å². The van der Waals surface area contributed by atoms with E-state index in [1.54, 1.807) is 12.1 Å². The number of hydrogen-bond donors (Lipinski definition) is 0. The third-order valence-electron chi connectivity index (χ3n) is 5.43. The Labute approximate surface area is 144 Å². The Bertz CT molecular complexity index is 852. The van der Waals surface area contributed by atoms with Crippen molar-refractivity contribution < 1.29 is 8.42 Å². The average Bonchev–Trinajstić information content (AvgIpc) is 2.52. The van der Waals surface area contributed by atoms with E-state index in [9.17, 15) is 8.42 Å². The lowest BCUT2D eigenvalue weighted by molar-refractivity contribution is 0.107. The summed E-state index contributed by atoms with van der Waals surface area (Å²) in [5.41, 5.74) is 5.19. The Hall–Kier alpha value is -1.65. The van der Waals surface area contributed by atoms with Gasteiger partial charge in [-0.15, -0.1) is 0 Å². The van der Waals surface area contributed by atoms with Gasteiger partial charge in [0.15, 0.2) is 9.84 Å². The lowest BCUT2D eigenvalue weighted by Gasteiger charge is -2.41. The molecule has 1 fully saturated rings. The van der Waals surface area contributed by atoms with Gasteiger partial charge in [0, 0.05) is 12.3 Å². The van der Waals surface area contributed by atoms with Crippen molar-refractivity contribution in [3.05, 3.63) is 53.6 Å². The first-order chi connectivity index (χ1) is 11.5. The van der Waals surface area contributed by atoms with Crippen LogP contribution in [-0.2, 0) is 22.7 Å². The molecule has 1 atom stereocenters. The van der Waals surface area contributed by atoms with E-state index in [0.29, 0.717) is 4.90 Å². The third-order valence-corrected chi connectivity index (χ3v) is 6.56. The van der Waals surface area contributed by atoms with Gasteiger partial charge in [-0.2, -0.15) is 0 Å². The second-order valence-electron chi connectivity index (χ2n) is 7.07. The highest BCUT2D eigenvalue weighted by Gasteiger charge is 2.27. The summed E-state index contributed by atoms with van der Waals surface area (Å²) in [4.78, 5) is 2.99. The Morgan fingerprint density at radius 2 is 1.67 bits per heavy atom. The number of nitrogens with zero attached hydrogens (tertiary/aromatic N) is 1. The van der Waals surface area contributed by atoms with E-state index in [0.717, 1.165) is 18.0 Å². The average molecular weight is 341 g/mol. The van der Waals surface area contributed by atoms with Crippen LogP contribution in [0.1, 0.15) is 24.0 Å². The second-order valence-corrected chi connectivity index (χ2v) is 9.08. The zero-order chi connectivity index (χ0) is 16.7. The molecule has 0 amide bonds. The molecule has 0 N–H and O–H groups in total. The first-order valence-electron chi connectivity index (χ1n) is 8.67. The predicted octanol–water partition coefficient (Wildman–Crippen LogP) is 3.32. The maximum Gasteiger partial charge on any atom is 0.175 e. The van der Waals surface area contributed by atoms with Crippen molar-refractivity contribution in [1.29, 1.82) is 0 Å². The molecular formula is C20H23NO2S. The maximum atomic E-state index is 11.6. The molecule has 0 spiro atoms. The largest absolute Gasteiger partial charge is 0.300 e. The van der Waals surface area contributed by atoms with Crippen molar-refractivity contribution in [3.63, 3.8) is 0 Å². The van der Waals surface area contributed by atoms with Gasteiger partial charge in [0.25, 0.3) is 0 Å². The smallest absolute Gasteiger partial charge is 0.175 e. The summed E-state index contributed by atoms with van der Waals surface area (Å²) in [6.45, 7) is 2.54. The van der Waals surface area contributed by atoms with Crippen LogP contribution in [0.4, 0.5) is 0 Å². The standard InChI is InChI=1S/C20H23NO2S/c1-24(22,23)20-9-6-15(7-10-20)16-3-4-18-14-19(21-11-2-12-21)8-5-17(18)13-16/h3-4,6-7,9-10,13,19H,2,5,8,11-12,14H2,1H3. The van der Waals surface area contributed by atoms with Crippen LogP contribution in [0.2, 0.25) is 0 Å². The Kier molecular flexibility index (Phi) is 3.97. The van der Waals surface area contributed by atoms with Crippen molar-refractivity contribution in [2.75, 3.05) is 19.3 Å². The van der Waals surface area contributed by atoms with Gasteiger partial charge >= 0.3 is 0 Å². The molecular weight excluding hydrogens is 318 g/mol. The Balaban J connectivity index is 1.57. The molecule has 2 aliphatic rings. The maximum absolute atomic E-state index is 11.6. The number of sulfone groups is 1. The minimum atomic E-state index is -3.13. The topological polar surface area (TPSA) is 37.4 Å². The summed E-state index contributed by atoms with van der Waals surface area (Å²) in [7, 11) is -3.13. The molecule has 126 valence electrons. The summed E-state index contributed by atoms with van der Waals surface area (Å²) < 4.78 is 23.2. The quantitative estimate of drug-likeness (QED) is 0.859. The van der Waals surface area contributed by atoms with Crippen molar-refractivity contribution >= 4 is 9.84 Å². The highest BCUT2D eigenvalue weighted by atomic mass is 32.2. The molecule has 1 unspecified atom stereocenters. The SMILES string of the molecule is CS(=O)(=O)c1ccc(-c2ccc3c(c2)CCC(N2CCC2)C3)cc1. The molecule has 1 heterocycles. The normalized spacial score (nSPS) is 21.1. The van der Waals surface area contributed by atoms with Crippen LogP contribution in [0.25, 0.3) is 11.1 Å². The van der Waals surface area contributed by atoms with Crippen LogP contribution in [0.5, 0.6) is 0 Å². The Morgan fingerprint density at radius 1 is 0.958 bits per heavy atom. The number of hydrogen-bond acceptors (Lipinski definition) is 3. The fourth-order valence-electron chi connectivity index (χ4n) is 3.83. The minimum absolute atomic E-state index is 0.376. The van der Waals surface area contributed by atoms with Crippen LogP contribution in [0.3, 0.4) is 0 Å². The number of rotatable bonds is 3. The van der Waals surface area contributed by atoms with Crippen molar-refractivity contribution in [2.45, 2.75) is 36.6 Å². The molecule has 4 rings (SSSR count). The Morgan fingerprint density at radius 3 is 2.29 bits per heavy atom. The van der Waals surface area contributed by atoms with Gasteiger partial charge in [-0.3, -0.25) is 4.90 Å². The summed E-state index contributed by atoms with van der Waals surface area (Å²) in [5.74, 6) is 0. The first kappa shape index (κ1) is 15.9. The van der Waals surface area contributed by atoms with E-state index < -0.39 is 9.84 Å². The van der Waals surface area contributed by atoms with Crippen LogP contribution < -0.4 is 0 Å². The zero-order valence-corrected chi connectivity index (χ0v) is 14.8. The van der Waals surface area contributed by atoms with Gasteiger partial charge in [0.1, 0.15) is 0 Å². The number of fused-ring (bicyclic) bond motifs is 1. The van der Waals surface area contributed by atoms with Gasteiger partial charge in [0.2, 0.25) is 0 Å². The second kappa shape index (κ2) is 6.01. The number of benzene rings is 2. The number of aryl methyl sites for hydroxylation is 1. The van der Waals surface area contributed by atoms with Crippen LogP contribution in [0.15, 0.2) is 47.4 Å². The first-order valence-corrected chi connectivity index (χ1v) is 10.6. The van der Waals surface area contributed by atoms with Crippen LogP contribution >= 0.6 is 0 Å². The van der Waals surface area contributed by atoms with Crippen molar-refractivity contribution in [1.82, 2.24) is 4.90 Å². The van der Waals surface area contributed by atoms with Gasteiger partial charge in [0.05, 0.1) is 4.90 Å². The summed E-state index contributed by atoms with van der Waals surface area (Å²) in [5, 5.41) is 0. The van der Waals surface area contributed by atoms with Gasteiger partial charge in [-0.25, -0.2) is 8.42 Å². The summed E-state index contributed by atoms with van der Waals surface area (Å²) >= 11 is 0. The highest BCUT2D eigenvalue weighted by molar-refractivity contribution is 7.90. The van der Waals surface area contributed by atoms with E-state index in [-0.39, 0.29) is 0 Å². The third kappa shape index (κ3) is 3.01. The molecule has 0 saturated carbocycles. The minimum Gasteiger partial charge on any atom is -0.300 e. The van der Waals surface area contributed by atoms with Gasteiger partial charge in [-0.1, -0.05) is 30.3 Å². The van der Waals surface area contributed by atoms with Gasteiger partial charge < -0.3 is 0 Å². The molecule has 0 aromatic heterocycles. The molecule has 1 aliphatic carbocycles. The fourth-order valence-corrected chi connectivity index (χ4v) is 4.46. The zero-order valence-electron chi connectivity index (χ0n) is 14.0. The van der Waals surface area contributed by atoms with E-state index >= 15 is 0 Å². The molecule has 1 saturated heterocycles. The molecule has 2 aromatic carbocycles.